The average molecular weight is 784 g/mol. The number of piperidine rings is 1. The molecule has 1 aliphatic carbocycles. The van der Waals surface area contributed by atoms with E-state index >= 15 is 0 Å². The second kappa shape index (κ2) is 14.8. The van der Waals surface area contributed by atoms with Crippen LogP contribution in [-0.2, 0) is 18.3 Å². The third-order valence-corrected chi connectivity index (χ3v) is 12.2. The summed E-state index contributed by atoms with van der Waals surface area (Å²) in [5.41, 5.74) is 6.57. The van der Waals surface area contributed by atoms with Crippen LogP contribution >= 0.6 is 0 Å². The standard InChI is InChI=1S/C42H45F4N9O2/c1-51-35-23-30(9-10-33(35)40(50-51)55-18-15-36(56)47-41(55)57)54-21-19-52(20-22-54)25-26-13-16-53(17-14-26)29-7-5-27(6-8-29)37-28(24-42(44,45)46)3-2-4-31-32(37)11-12-34-38(31)39(43)49-48-34/h5-12,23,26H,2-4,13-22,24-25H2,1H3,(H,48,49)(H,47,56,57). The van der Waals surface area contributed by atoms with E-state index in [0.717, 1.165) is 80.9 Å². The van der Waals surface area contributed by atoms with Crippen LogP contribution < -0.4 is 20.0 Å². The van der Waals surface area contributed by atoms with Gasteiger partial charge >= 0.3 is 12.2 Å². The number of urea groups is 1. The number of aromatic nitrogens is 4. The van der Waals surface area contributed by atoms with Gasteiger partial charge in [-0.25, -0.2) is 4.79 Å². The van der Waals surface area contributed by atoms with Crippen molar-refractivity contribution in [2.75, 3.05) is 67.1 Å². The van der Waals surface area contributed by atoms with E-state index in [-0.39, 0.29) is 12.3 Å². The first-order chi connectivity index (χ1) is 27.5. The number of hydrogen-bond acceptors (Lipinski definition) is 7. The number of aromatic amines is 1. The van der Waals surface area contributed by atoms with E-state index in [1.54, 1.807) is 16.8 Å². The predicted molar refractivity (Wildman–Crippen MR) is 212 cm³/mol. The van der Waals surface area contributed by atoms with Crippen molar-refractivity contribution in [3.8, 4) is 0 Å². The number of imide groups is 1. The fourth-order valence-corrected chi connectivity index (χ4v) is 9.36. The molecule has 3 aromatic carbocycles. The topological polar surface area (TPSA) is 106 Å². The van der Waals surface area contributed by atoms with Crippen LogP contribution in [0.4, 0.5) is 39.5 Å². The van der Waals surface area contributed by atoms with Crippen LogP contribution in [0.2, 0.25) is 0 Å². The van der Waals surface area contributed by atoms with Crippen molar-refractivity contribution in [3.63, 3.8) is 0 Å². The number of benzene rings is 3. The number of H-pyrrole nitrogens is 1. The van der Waals surface area contributed by atoms with Crippen LogP contribution in [0, 0.1) is 11.9 Å². The minimum atomic E-state index is -4.35. The Labute approximate surface area is 327 Å². The molecule has 5 aromatic rings. The summed E-state index contributed by atoms with van der Waals surface area (Å²) in [4.78, 5) is 33.0. The smallest absolute Gasteiger partial charge is 0.372 e. The van der Waals surface area contributed by atoms with E-state index in [9.17, 15) is 27.2 Å². The van der Waals surface area contributed by atoms with E-state index in [4.69, 9.17) is 0 Å². The van der Waals surface area contributed by atoms with Gasteiger partial charge in [0.1, 0.15) is 0 Å². The molecule has 57 heavy (non-hydrogen) atoms. The fraction of sp³-hybridized carbons (Fsp3) is 0.429. The number of rotatable bonds is 7. The Bertz CT molecular complexity index is 2370. The molecule has 2 N–H and O–H groups in total. The Morgan fingerprint density at radius 2 is 1.58 bits per heavy atom. The zero-order chi connectivity index (χ0) is 39.4. The number of nitrogens with one attached hydrogen (secondary N) is 2. The number of hydrogen-bond donors (Lipinski definition) is 2. The van der Waals surface area contributed by atoms with Gasteiger partial charge in [-0.05, 0) is 96.7 Å². The SMILES string of the molecule is Cn1nc(N2CCC(=O)NC2=O)c2ccc(N3CCN(CC4CCN(c5ccc(C6=C(CC(F)(F)F)CCCc7c6ccc6n[nH]c(F)c76)cc5)CC4)CC3)cc21. The molecule has 298 valence electrons. The summed E-state index contributed by atoms with van der Waals surface area (Å²) < 4.78 is 58.2. The Kier molecular flexibility index (Phi) is 9.66. The summed E-state index contributed by atoms with van der Waals surface area (Å²) in [5.74, 6) is 0.316. The maximum Gasteiger partial charge on any atom is 0.392 e. The molecule has 3 fully saturated rings. The summed E-state index contributed by atoms with van der Waals surface area (Å²) in [7, 11) is 1.87. The van der Waals surface area contributed by atoms with Gasteiger partial charge in [0.2, 0.25) is 11.9 Å². The molecular weight excluding hydrogens is 739 g/mol. The van der Waals surface area contributed by atoms with E-state index in [2.05, 4.69) is 47.4 Å². The zero-order valence-corrected chi connectivity index (χ0v) is 31.8. The molecule has 11 nitrogen and oxygen atoms in total. The predicted octanol–water partition coefficient (Wildman–Crippen LogP) is 7.16. The molecule has 5 heterocycles. The summed E-state index contributed by atoms with van der Waals surface area (Å²) in [6, 6.07) is 17.2. The molecule has 15 heteroatoms. The van der Waals surface area contributed by atoms with E-state index in [1.807, 2.05) is 37.4 Å². The van der Waals surface area contributed by atoms with Gasteiger partial charge in [-0.3, -0.25) is 29.7 Å². The summed E-state index contributed by atoms with van der Waals surface area (Å²) >= 11 is 0. The molecule has 0 radical (unpaired) electrons. The van der Waals surface area contributed by atoms with Crippen LogP contribution in [0.1, 0.15) is 55.2 Å². The zero-order valence-electron chi connectivity index (χ0n) is 31.8. The van der Waals surface area contributed by atoms with Gasteiger partial charge in [0.25, 0.3) is 0 Å². The third-order valence-electron chi connectivity index (χ3n) is 12.2. The molecule has 0 atom stereocenters. The van der Waals surface area contributed by atoms with Crippen molar-refractivity contribution in [1.29, 1.82) is 0 Å². The van der Waals surface area contributed by atoms with Crippen molar-refractivity contribution in [2.24, 2.45) is 13.0 Å². The highest BCUT2D eigenvalue weighted by atomic mass is 19.4. The largest absolute Gasteiger partial charge is 0.392 e. The molecule has 9 rings (SSSR count). The van der Waals surface area contributed by atoms with Crippen LogP contribution in [-0.4, -0.2) is 95.4 Å². The Balaban J connectivity index is 0.822. The van der Waals surface area contributed by atoms with Gasteiger partial charge in [-0.15, -0.1) is 0 Å². The van der Waals surface area contributed by atoms with E-state index in [1.165, 1.54) is 4.90 Å². The van der Waals surface area contributed by atoms with E-state index < -0.39 is 24.6 Å². The summed E-state index contributed by atoms with van der Waals surface area (Å²) in [6.45, 7) is 6.92. The van der Waals surface area contributed by atoms with Gasteiger partial charge in [0.15, 0.2) is 5.82 Å². The molecular formula is C42H45F4N9O2. The Hall–Kier alpha value is -5.44. The first kappa shape index (κ1) is 37.2. The molecule has 3 aliphatic heterocycles. The van der Waals surface area contributed by atoms with Gasteiger partial charge in [0, 0.05) is 82.6 Å². The lowest BCUT2D eigenvalue weighted by molar-refractivity contribution is -0.127. The lowest BCUT2D eigenvalue weighted by atomic mass is 9.88. The van der Waals surface area contributed by atoms with Crippen LogP contribution in [0.25, 0.3) is 27.4 Å². The number of halogens is 4. The number of piperazine rings is 1. The Morgan fingerprint density at radius 3 is 2.32 bits per heavy atom. The molecule has 0 saturated carbocycles. The van der Waals surface area contributed by atoms with Gasteiger partial charge in [-0.2, -0.15) is 27.8 Å². The number of fused-ring (bicyclic) bond motifs is 4. The van der Waals surface area contributed by atoms with Crippen LogP contribution in [0.3, 0.4) is 0 Å². The number of carbonyl (C=O) groups is 2. The number of anilines is 3. The molecule has 0 spiro atoms. The summed E-state index contributed by atoms with van der Waals surface area (Å²) in [6.07, 6.45) is -1.70. The fourth-order valence-electron chi connectivity index (χ4n) is 9.36. The van der Waals surface area contributed by atoms with Crippen molar-refractivity contribution in [3.05, 3.63) is 82.8 Å². The second-order valence-corrected chi connectivity index (χ2v) is 15.8. The molecule has 2 aromatic heterocycles. The maximum atomic E-state index is 14.8. The lowest BCUT2D eigenvalue weighted by Gasteiger charge is -2.40. The van der Waals surface area contributed by atoms with Crippen molar-refractivity contribution in [2.45, 2.75) is 51.1 Å². The van der Waals surface area contributed by atoms with Gasteiger partial charge in [0.05, 0.1) is 22.8 Å². The van der Waals surface area contributed by atoms with Crippen molar-refractivity contribution >= 4 is 56.5 Å². The number of amides is 3. The van der Waals surface area contributed by atoms with Crippen LogP contribution in [0.5, 0.6) is 0 Å². The Morgan fingerprint density at radius 1 is 0.842 bits per heavy atom. The van der Waals surface area contributed by atoms with Gasteiger partial charge < -0.3 is 9.80 Å². The molecule has 4 aliphatic rings. The number of nitrogens with zero attached hydrogens (tertiary/aromatic N) is 7. The highest BCUT2D eigenvalue weighted by Crippen LogP contribution is 2.42. The van der Waals surface area contributed by atoms with Crippen molar-refractivity contribution in [1.82, 2.24) is 30.2 Å². The first-order valence-corrected chi connectivity index (χ1v) is 19.8. The number of alkyl halides is 3. The van der Waals surface area contributed by atoms with Crippen molar-refractivity contribution < 1.29 is 27.2 Å². The van der Waals surface area contributed by atoms with Gasteiger partial charge in [-0.1, -0.05) is 23.8 Å². The van der Waals surface area contributed by atoms with Crippen LogP contribution in [0.15, 0.2) is 60.2 Å². The minimum absolute atomic E-state index is 0.246. The molecule has 3 amide bonds. The second-order valence-electron chi connectivity index (χ2n) is 15.8. The molecule has 3 saturated heterocycles. The third kappa shape index (κ3) is 7.33. The number of carbonyl (C=O) groups excluding carboxylic acids is 2. The first-order valence-electron chi connectivity index (χ1n) is 19.8. The quantitative estimate of drug-likeness (QED) is 0.169. The number of aryl methyl sites for hydroxylation is 2. The normalized spacial score (nSPS) is 19.1. The molecule has 0 unspecified atom stereocenters. The van der Waals surface area contributed by atoms with E-state index in [0.29, 0.717) is 76.3 Å². The minimum Gasteiger partial charge on any atom is -0.372 e. The lowest BCUT2D eigenvalue weighted by Crippen LogP contribution is -2.49. The average Bonchev–Trinajstić information content (AvgIpc) is 3.67. The number of allylic oxidation sites excluding steroid dienone is 1. The highest BCUT2D eigenvalue weighted by molar-refractivity contribution is 6.09. The highest BCUT2D eigenvalue weighted by Gasteiger charge is 2.33. The molecule has 0 bridgehead atoms. The monoisotopic (exact) mass is 783 g/mol. The maximum absolute atomic E-state index is 14.8. The summed E-state index contributed by atoms with van der Waals surface area (Å²) in [5, 5.41) is 14.7.